The molecule has 1 atom stereocenters. The van der Waals surface area contributed by atoms with Crippen molar-refractivity contribution >= 4 is 17.8 Å². The van der Waals surface area contributed by atoms with Gasteiger partial charge in [-0.1, -0.05) is 12.1 Å². The monoisotopic (exact) mass is 320 g/mol. The van der Waals surface area contributed by atoms with Crippen LogP contribution in [0.2, 0.25) is 0 Å². The second-order valence-electron chi connectivity index (χ2n) is 5.32. The van der Waals surface area contributed by atoms with Crippen molar-refractivity contribution in [3.63, 3.8) is 0 Å². The van der Waals surface area contributed by atoms with E-state index in [4.69, 9.17) is 4.74 Å². The van der Waals surface area contributed by atoms with E-state index in [0.717, 1.165) is 11.3 Å². The second kappa shape index (κ2) is 7.62. The molecule has 1 saturated heterocycles. The number of nitrogens with zero attached hydrogens (tertiary/aromatic N) is 1. The van der Waals surface area contributed by atoms with Crippen LogP contribution >= 0.6 is 0 Å². The van der Waals surface area contributed by atoms with E-state index in [1.807, 2.05) is 24.3 Å². The molecule has 0 aliphatic carbocycles. The van der Waals surface area contributed by atoms with Crippen LogP contribution in [0.5, 0.6) is 5.75 Å². The average molecular weight is 320 g/mol. The molecule has 2 rings (SSSR count). The van der Waals surface area contributed by atoms with Crippen molar-refractivity contribution in [2.75, 3.05) is 27.3 Å². The second-order valence-corrected chi connectivity index (χ2v) is 5.32. The maximum Gasteiger partial charge on any atom is 0.325 e. The number of rotatable bonds is 6. The van der Waals surface area contributed by atoms with Crippen LogP contribution < -0.4 is 10.1 Å². The van der Waals surface area contributed by atoms with Crippen molar-refractivity contribution in [3.8, 4) is 5.75 Å². The molecule has 0 saturated carbocycles. The number of benzene rings is 1. The molecule has 23 heavy (non-hydrogen) atoms. The van der Waals surface area contributed by atoms with Gasteiger partial charge in [0.2, 0.25) is 11.8 Å². The Hall–Kier alpha value is -2.57. The summed E-state index contributed by atoms with van der Waals surface area (Å²) in [6, 6.07) is 7.43. The largest absolute Gasteiger partial charge is 0.497 e. The first-order valence-corrected chi connectivity index (χ1v) is 7.28. The molecule has 0 bridgehead atoms. The predicted octanol–water partition coefficient (Wildman–Crippen LogP) is 0.333. The van der Waals surface area contributed by atoms with Gasteiger partial charge in [-0.25, -0.2) is 0 Å². The van der Waals surface area contributed by atoms with Crippen LogP contribution in [0.4, 0.5) is 0 Å². The van der Waals surface area contributed by atoms with E-state index in [0.29, 0.717) is 13.1 Å². The molecule has 2 amide bonds. The van der Waals surface area contributed by atoms with E-state index in [1.165, 1.54) is 7.11 Å². The van der Waals surface area contributed by atoms with Crippen LogP contribution in [0.3, 0.4) is 0 Å². The van der Waals surface area contributed by atoms with E-state index in [9.17, 15) is 14.4 Å². The fourth-order valence-electron chi connectivity index (χ4n) is 2.43. The number of nitrogens with one attached hydrogen (secondary N) is 1. The third-order valence-corrected chi connectivity index (χ3v) is 3.75. The molecule has 0 radical (unpaired) electrons. The van der Waals surface area contributed by atoms with Gasteiger partial charge in [-0.2, -0.15) is 0 Å². The molecule has 1 aliphatic rings. The number of esters is 1. The molecule has 1 aliphatic heterocycles. The number of carbonyl (C=O) groups excluding carboxylic acids is 3. The Labute approximate surface area is 134 Å². The quantitative estimate of drug-likeness (QED) is 0.764. The van der Waals surface area contributed by atoms with Crippen molar-refractivity contribution in [1.82, 2.24) is 10.2 Å². The topological polar surface area (TPSA) is 84.9 Å². The summed E-state index contributed by atoms with van der Waals surface area (Å²) in [5, 5.41) is 2.49. The van der Waals surface area contributed by atoms with Crippen molar-refractivity contribution in [2.24, 2.45) is 5.92 Å². The average Bonchev–Trinajstić information content (AvgIpc) is 2.93. The lowest BCUT2D eigenvalue weighted by molar-refractivity contribution is -0.141. The Morgan fingerprint density at radius 3 is 2.57 bits per heavy atom. The van der Waals surface area contributed by atoms with Gasteiger partial charge in [0, 0.05) is 19.5 Å². The number of likely N-dealkylation sites (tertiary alicyclic amines) is 1. The number of amides is 2. The minimum atomic E-state index is -0.516. The van der Waals surface area contributed by atoms with Gasteiger partial charge >= 0.3 is 5.97 Å². The highest BCUT2D eigenvalue weighted by Crippen LogP contribution is 2.21. The maximum absolute atomic E-state index is 12.0. The van der Waals surface area contributed by atoms with Crippen molar-refractivity contribution in [2.45, 2.75) is 13.0 Å². The number of hydrogen-bond donors (Lipinski definition) is 1. The minimum Gasteiger partial charge on any atom is -0.497 e. The van der Waals surface area contributed by atoms with Gasteiger partial charge < -0.3 is 19.7 Å². The highest BCUT2D eigenvalue weighted by Gasteiger charge is 2.34. The van der Waals surface area contributed by atoms with Crippen molar-refractivity contribution < 1.29 is 23.9 Å². The van der Waals surface area contributed by atoms with Gasteiger partial charge in [0.1, 0.15) is 12.3 Å². The highest BCUT2D eigenvalue weighted by molar-refractivity contribution is 5.90. The van der Waals surface area contributed by atoms with Crippen LogP contribution in [-0.2, 0) is 25.7 Å². The molecule has 0 aromatic heterocycles. The smallest absolute Gasteiger partial charge is 0.325 e. The summed E-state index contributed by atoms with van der Waals surface area (Å²) < 4.78 is 9.56. The Morgan fingerprint density at radius 1 is 1.26 bits per heavy atom. The number of hydrogen-bond acceptors (Lipinski definition) is 5. The van der Waals surface area contributed by atoms with Gasteiger partial charge in [0.15, 0.2) is 0 Å². The lowest BCUT2D eigenvalue weighted by Crippen LogP contribution is -2.36. The number of ether oxygens (including phenoxy) is 2. The normalized spacial score (nSPS) is 17.0. The zero-order chi connectivity index (χ0) is 16.8. The van der Waals surface area contributed by atoms with Gasteiger partial charge in [-0.15, -0.1) is 0 Å². The van der Waals surface area contributed by atoms with Crippen molar-refractivity contribution in [1.29, 1.82) is 0 Å². The lowest BCUT2D eigenvalue weighted by Gasteiger charge is -2.16. The summed E-state index contributed by atoms with van der Waals surface area (Å²) in [5.41, 5.74) is 0.967. The van der Waals surface area contributed by atoms with Crippen LogP contribution in [0, 0.1) is 5.92 Å². The van der Waals surface area contributed by atoms with Crippen LogP contribution in [-0.4, -0.2) is 50.0 Å². The lowest BCUT2D eigenvalue weighted by atomic mass is 10.1. The summed E-state index contributed by atoms with van der Waals surface area (Å²) in [6.45, 7) is 0.611. The summed E-state index contributed by atoms with van der Waals surface area (Å²) in [5.74, 6) is -0.579. The third kappa shape index (κ3) is 4.45. The summed E-state index contributed by atoms with van der Waals surface area (Å²) in [6.07, 6.45) is 0.156. The first-order valence-electron chi connectivity index (χ1n) is 7.28. The van der Waals surface area contributed by atoms with E-state index in [1.54, 1.807) is 12.0 Å². The summed E-state index contributed by atoms with van der Waals surface area (Å²) >= 11 is 0. The first-order chi connectivity index (χ1) is 11.0. The summed E-state index contributed by atoms with van der Waals surface area (Å²) in [7, 11) is 2.85. The minimum absolute atomic E-state index is 0.0703. The Kier molecular flexibility index (Phi) is 5.56. The van der Waals surface area contributed by atoms with E-state index in [2.05, 4.69) is 10.1 Å². The molecule has 1 N–H and O–H groups in total. The molecule has 1 heterocycles. The van der Waals surface area contributed by atoms with E-state index in [-0.39, 0.29) is 24.8 Å². The van der Waals surface area contributed by atoms with Gasteiger partial charge in [0.05, 0.1) is 20.1 Å². The highest BCUT2D eigenvalue weighted by atomic mass is 16.5. The Morgan fingerprint density at radius 2 is 1.96 bits per heavy atom. The fraction of sp³-hybridized carbons (Fsp3) is 0.438. The molecular weight excluding hydrogens is 300 g/mol. The van der Waals surface area contributed by atoms with Crippen molar-refractivity contribution in [3.05, 3.63) is 29.8 Å². The Balaban J connectivity index is 1.88. The Bertz CT molecular complexity index is 585. The molecule has 7 heteroatoms. The summed E-state index contributed by atoms with van der Waals surface area (Å²) in [4.78, 5) is 36.7. The molecule has 1 fully saturated rings. The zero-order valence-corrected chi connectivity index (χ0v) is 13.2. The molecule has 7 nitrogen and oxygen atoms in total. The maximum atomic E-state index is 12.0. The molecule has 124 valence electrons. The standard InChI is InChI=1S/C16H20N2O5/c1-22-13-5-3-11(4-6-13)9-18-10-12(7-14(18)19)16(21)17-8-15(20)23-2/h3-6,12H,7-10H2,1-2H3,(H,17,21). The van der Waals surface area contributed by atoms with Crippen LogP contribution in [0.1, 0.15) is 12.0 Å². The predicted molar refractivity (Wildman–Crippen MR) is 81.5 cm³/mol. The van der Waals surface area contributed by atoms with Crippen LogP contribution in [0.15, 0.2) is 24.3 Å². The fourth-order valence-corrected chi connectivity index (χ4v) is 2.43. The van der Waals surface area contributed by atoms with Gasteiger partial charge in [-0.05, 0) is 17.7 Å². The van der Waals surface area contributed by atoms with Gasteiger partial charge in [-0.3, -0.25) is 14.4 Å². The molecule has 1 aromatic rings. The van der Waals surface area contributed by atoms with E-state index >= 15 is 0 Å². The SMILES string of the molecule is COC(=O)CNC(=O)C1CC(=O)N(Cc2ccc(OC)cc2)C1. The molecular formula is C16H20N2O5. The van der Waals surface area contributed by atoms with E-state index < -0.39 is 11.9 Å². The third-order valence-electron chi connectivity index (χ3n) is 3.75. The first kappa shape index (κ1) is 16.8. The molecule has 1 unspecified atom stereocenters. The van der Waals surface area contributed by atoms with Crippen LogP contribution in [0.25, 0.3) is 0 Å². The zero-order valence-electron chi connectivity index (χ0n) is 13.2. The molecule has 0 spiro atoms. The number of carbonyl (C=O) groups is 3. The molecule has 1 aromatic carbocycles. The number of methoxy groups -OCH3 is 2. The van der Waals surface area contributed by atoms with Gasteiger partial charge in [0.25, 0.3) is 0 Å².